The first-order valence-corrected chi connectivity index (χ1v) is 9.33. The Labute approximate surface area is 136 Å². The fourth-order valence-electron chi connectivity index (χ4n) is 3.20. The van der Waals surface area contributed by atoms with E-state index in [-0.39, 0.29) is 18.4 Å². The Balaban J connectivity index is 1.88. The summed E-state index contributed by atoms with van der Waals surface area (Å²) in [6, 6.07) is 0. The van der Waals surface area contributed by atoms with Crippen LogP contribution in [0.5, 0.6) is 0 Å². The molecule has 3 nitrogen and oxygen atoms in total. The molecule has 128 valence electrons. The van der Waals surface area contributed by atoms with Crippen LogP contribution in [0.2, 0.25) is 0 Å². The average Bonchev–Trinajstić information content (AvgIpc) is 2.73. The van der Waals surface area contributed by atoms with Crippen molar-refractivity contribution in [3.05, 3.63) is 0 Å². The van der Waals surface area contributed by atoms with E-state index in [1.54, 1.807) is 0 Å². The third-order valence-corrected chi connectivity index (χ3v) is 4.82. The quantitative estimate of drug-likeness (QED) is 0.254. The SMILES string of the molecule is CCCCCCCCCCCCCCC1(C)CC(=O)OC1=O. The lowest BCUT2D eigenvalue weighted by Gasteiger charge is -2.16. The molecule has 1 unspecified atom stereocenters. The van der Waals surface area contributed by atoms with E-state index in [1.165, 1.54) is 64.2 Å². The second-order valence-electron chi connectivity index (χ2n) is 7.14. The van der Waals surface area contributed by atoms with Gasteiger partial charge in [-0.1, -0.05) is 84.0 Å². The van der Waals surface area contributed by atoms with Gasteiger partial charge in [0.25, 0.3) is 0 Å². The predicted molar refractivity (Wildman–Crippen MR) is 89.5 cm³/mol. The predicted octanol–water partition coefficient (Wildman–Crippen LogP) is 5.56. The first-order chi connectivity index (χ1) is 10.6. The molecule has 0 aromatic rings. The van der Waals surface area contributed by atoms with Crippen molar-refractivity contribution in [3.63, 3.8) is 0 Å². The Morgan fingerprint density at radius 2 is 1.27 bits per heavy atom. The molecule has 3 heteroatoms. The van der Waals surface area contributed by atoms with Gasteiger partial charge in [-0.05, 0) is 13.3 Å². The first-order valence-electron chi connectivity index (χ1n) is 9.33. The van der Waals surface area contributed by atoms with Crippen LogP contribution < -0.4 is 0 Å². The van der Waals surface area contributed by atoms with Crippen LogP contribution in [0.3, 0.4) is 0 Å². The number of hydrogen-bond acceptors (Lipinski definition) is 3. The van der Waals surface area contributed by atoms with Gasteiger partial charge in [0.1, 0.15) is 0 Å². The number of carbonyl (C=O) groups is 2. The van der Waals surface area contributed by atoms with Crippen molar-refractivity contribution in [2.24, 2.45) is 5.41 Å². The topological polar surface area (TPSA) is 43.4 Å². The molecule has 1 saturated heterocycles. The Bertz CT molecular complexity index is 338. The molecule has 0 bridgehead atoms. The van der Waals surface area contributed by atoms with Crippen LogP contribution in [0.15, 0.2) is 0 Å². The minimum atomic E-state index is -0.546. The molecule has 0 aromatic heterocycles. The lowest BCUT2D eigenvalue weighted by molar-refractivity contribution is -0.155. The molecule has 1 aliphatic heterocycles. The molecule has 1 fully saturated rings. The molecule has 22 heavy (non-hydrogen) atoms. The summed E-state index contributed by atoms with van der Waals surface area (Å²) in [6.45, 7) is 4.12. The van der Waals surface area contributed by atoms with Gasteiger partial charge >= 0.3 is 11.9 Å². The molecular formula is C19H34O3. The fourth-order valence-corrected chi connectivity index (χ4v) is 3.20. The van der Waals surface area contributed by atoms with E-state index in [1.807, 2.05) is 6.92 Å². The van der Waals surface area contributed by atoms with Gasteiger partial charge in [0, 0.05) is 0 Å². The van der Waals surface area contributed by atoms with Crippen LogP contribution in [0.4, 0.5) is 0 Å². The highest BCUT2D eigenvalue weighted by Gasteiger charge is 2.44. The van der Waals surface area contributed by atoms with Crippen molar-refractivity contribution >= 4 is 11.9 Å². The van der Waals surface area contributed by atoms with Crippen LogP contribution in [-0.4, -0.2) is 11.9 Å². The largest absolute Gasteiger partial charge is 0.393 e. The summed E-state index contributed by atoms with van der Waals surface area (Å²) in [7, 11) is 0. The summed E-state index contributed by atoms with van der Waals surface area (Å²) in [5.41, 5.74) is -0.546. The van der Waals surface area contributed by atoms with E-state index in [4.69, 9.17) is 0 Å². The number of esters is 2. The molecule has 0 amide bonds. The molecule has 1 heterocycles. The number of rotatable bonds is 13. The smallest absolute Gasteiger partial charge is 0.320 e. The number of cyclic esters (lactones) is 2. The van der Waals surface area contributed by atoms with E-state index in [0.717, 1.165) is 19.3 Å². The third-order valence-electron chi connectivity index (χ3n) is 4.82. The van der Waals surface area contributed by atoms with Crippen LogP contribution >= 0.6 is 0 Å². The van der Waals surface area contributed by atoms with Crippen molar-refractivity contribution in [1.82, 2.24) is 0 Å². The summed E-state index contributed by atoms with van der Waals surface area (Å²) >= 11 is 0. The molecule has 0 spiro atoms. The normalized spacial score (nSPS) is 21.4. The Morgan fingerprint density at radius 3 is 1.68 bits per heavy atom. The highest BCUT2D eigenvalue weighted by Crippen LogP contribution is 2.35. The fraction of sp³-hybridized carbons (Fsp3) is 0.895. The maximum Gasteiger partial charge on any atom is 0.320 e. The van der Waals surface area contributed by atoms with Gasteiger partial charge in [-0.15, -0.1) is 0 Å². The second-order valence-corrected chi connectivity index (χ2v) is 7.14. The monoisotopic (exact) mass is 310 g/mol. The van der Waals surface area contributed by atoms with E-state index >= 15 is 0 Å². The molecular weight excluding hydrogens is 276 g/mol. The van der Waals surface area contributed by atoms with Crippen molar-refractivity contribution in [2.45, 2.75) is 104 Å². The van der Waals surface area contributed by atoms with E-state index in [9.17, 15) is 9.59 Å². The Kier molecular flexibility index (Phi) is 9.42. The van der Waals surface area contributed by atoms with Crippen molar-refractivity contribution < 1.29 is 14.3 Å². The zero-order valence-electron chi connectivity index (χ0n) is 14.6. The second kappa shape index (κ2) is 10.8. The Hall–Kier alpha value is -0.860. The number of ether oxygens (including phenoxy) is 1. The molecule has 0 saturated carbocycles. The van der Waals surface area contributed by atoms with Crippen LogP contribution in [0, 0.1) is 5.41 Å². The molecule has 0 aromatic carbocycles. The Morgan fingerprint density at radius 1 is 0.818 bits per heavy atom. The molecule has 1 rings (SSSR count). The molecule has 0 radical (unpaired) electrons. The van der Waals surface area contributed by atoms with Gasteiger partial charge in [0.05, 0.1) is 11.8 Å². The molecule has 1 atom stereocenters. The van der Waals surface area contributed by atoms with Gasteiger partial charge < -0.3 is 4.74 Å². The lowest BCUT2D eigenvalue weighted by Crippen LogP contribution is -2.22. The summed E-state index contributed by atoms with van der Waals surface area (Å²) in [5.74, 6) is -0.674. The number of hydrogen-bond donors (Lipinski definition) is 0. The standard InChI is InChI=1S/C19H34O3/c1-3-4-5-6-7-8-9-10-11-12-13-14-15-19(2)16-17(20)22-18(19)21/h3-16H2,1-2H3. The van der Waals surface area contributed by atoms with Gasteiger partial charge in [-0.25, -0.2) is 0 Å². The van der Waals surface area contributed by atoms with E-state index in [2.05, 4.69) is 11.7 Å². The molecule has 1 aliphatic rings. The van der Waals surface area contributed by atoms with Crippen molar-refractivity contribution in [2.75, 3.05) is 0 Å². The van der Waals surface area contributed by atoms with Crippen LogP contribution in [0.25, 0.3) is 0 Å². The van der Waals surface area contributed by atoms with E-state index < -0.39 is 5.41 Å². The van der Waals surface area contributed by atoms with Gasteiger partial charge in [-0.3, -0.25) is 9.59 Å². The minimum absolute atomic E-state index is 0.268. The van der Waals surface area contributed by atoms with Crippen molar-refractivity contribution in [3.8, 4) is 0 Å². The van der Waals surface area contributed by atoms with Crippen molar-refractivity contribution in [1.29, 1.82) is 0 Å². The summed E-state index contributed by atoms with van der Waals surface area (Å²) in [6.07, 6.45) is 16.8. The maximum absolute atomic E-state index is 11.6. The first kappa shape index (κ1) is 19.2. The van der Waals surface area contributed by atoms with Crippen LogP contribution in [-0.2, 0) is 14.3 Å². The third kappa shape index (κ3) is 7.42. The number of carbonyl (C=O) groups excluding carboxylic acids is 2. The maximum atomic E-state index is 11.6. The molecule has 0 aliphatic carbocycles. The summed E-state index contributed by atoms with van der Waals surface area (Å²) < 4.78 is 4.66. The minimum Gasteiger partial charge on any atom is -0.393 e. The number of unbranched alkanes of at least 4 members (excludes halogenated alkanes) is 11. The van der Waals surface area contributed by atoms with Crippen LogP contribution in [0.1, 0.15) is 104 Å². The average molecular weight is 310 g/mol. The van der Waals surface area contributed by atoms with Gasteiger partial charge in [0.15, 0.2) is 0 Å². The summed E-state index contributed by atoms with van der Waals surface area (Å²) in [4.78, 5) is 22.7. The lowest BCUT2D eigenvalue weighted by atomic mass is 9.83. The highest BCUT2D eigenvalue weighted by molar-refractivity contribution is 5.97. The zero-order valence-corrected chi connectivity index (χ0v) is 14.6. The molecule has 0 N–H and O–H groups in total. The van der Waals surface area contributed by atoms with E-state index in [0.29, 0.717) is 0 Å². The summed E-state index contributed by atoms with van der Waals surface area (Å²) in [5, 5.41) is 0. The highest BCUT2D eigenvalue weighted by atomic mass is 16.6. The van der Waals surface area contributed by atoms with Gasteiger partial charge in [0.2, 0.25) is 0 Å². The van der Waals surface area contributed by atoms with Gasteiger partial charge in [-0.2, -0.15) is 0 Å². The zero-order chi connectivity index (χ0) is 16.3.